The van der Waals surface area contributed by atoms with Crippen LogP contribution >= 0.6 is 0 Å². The summed E-state index contributed by atoms with van der Waals surface area (Å²) in [5.41, 5.74) is 0.796. The summed E-state index contributed by atoms with van der Waals surface area (Å²) in [6, 6.07) is 14.8. The first-order valence-electron chi connectivity index (χ1n) is 9.18. The van der Waals surface area contributed by atoms with Gasteiger partial charge in [-0.3, -0.25) is 0 Å². The fourth-order valence-corrected chi connectivity index (χ4v) is 4.99. The van der Waals surface area contributed by atoms with Crippen molar-refractivity contribution < 1.29 is 22.6 Å². The molecule has 0 atom stereocenters. The largest absolute Gasteiger partial charge is 0.490 e. The minimum Gasteiger partial charge on any atom is -0.490 e. The summed E-state index contributed by atoms with van der Waals surface area (Å²) < 4.78 is 44.3. The molecule has 0 bridgehead atoms. The predicted octanol–water partition coefficient (Wildman–Crippen LogP) is 3.22. The summed E-state index contributed by atoms with van der Waals surface area (Å²) in [7, 11) is -3.34. The van der Waals surface area contributed by atoms with Crippen LogP contribution in [0, 0.1) is 0 Å². The molecule has 1 aliphatic heterocycles. The molecule has 2 aromatic carbocycles. The number of benzene rings is 2. The van der Waals surface area contributed by atoms with Gasteiger partial charge in [0.05, 0.1) is 11.9 Å². The number of fused-ring (bicyclic) bond motifs is 1. The van der Waals surface area contributed by atoms with Crippen LogP contribution in [0.5, 0.6) is 17.2 Å². The quantitative estimate of drug-likeness (QED) is 0.821. The summed E-state index contributed by atoms with van der Waals surface area (Å²) >= 11 is 0. The smallest absolute Gasteiger partial charge is 0.231 e. The number of sulfonamides is 1. The SMILES string of the molecule is O=S(=O)(Cc1ccccc1)NC1CCC(Oc2ccc3c(c2)OCO3)CC1. The molecule has 27 heavy (non-hydrogen) atoms. The van der Waals surface area contributed by atoms with Gasteiger partial charge in [0.1, 0.15) is 5.75 Å². The molecule has 6 nitrogen and oxygen atoms in total. The lowest BCUT2D eigenvalue weighted by atomic mass is 9.94. The number of hydrogen-bond acceptors (Lipinski definition) is 5. The molecular weight excluding hydrogens is 366 g/mol. The van der Waals surface area contributed by atoms with E-state index in [0.29, 0.717) is 5.75 Å². The second-order valence-corrected chi connectivity index (χ2v) is 8.72. The third-order valence-electron chi connectivity index (χ3n) is 4.87. The predicted molar refractivity (Wildman–Crippen MR) is 101 cm³/mol. The molecule has 7 heteroatoms. The molecule has 2 aromatic rings. The van der Waals surface area contributed by atoms with Crippen molar-refractivity contribution in [3.63, 3.8) is 0 Å². The first-order valence-corrected chi connectivity index (χ1v) is 10.8. The maximum absolute atomic E-state index is 12.4. The van der Waals surface area contributed by atoms with Crippen LogP contribution in [0.1, 0.15) is 31.2 Å². The van der Waals surface area contributed by atoms with Crippen LogP contribution in [0.2, 0.25) is 0 Å². The van der Waals surface area contributed by atoms with E-state index in [9.17, 15) is 8.42 Å². The molecule has 0 saturated heterocycles. The first kappa shape index (κ1) is 18.1. The molecule has 0 radical (unpaired) electrons. The molecule has 1 saturated carbocycles. The lowest BCUT2D eigenvalue weighted by molar-refractivity contribution is 0.143. The standard InChI is InChI=1S/C20H23NO5S/c22-27(23,13-15-4-2-1-3-5-15)21-16-6-8-17(9-7-16)26-18-10-11-19-20(12-18)25-14-24-19/h1-5,10-12,16-17,21H,6-9,13-14H2. The van der Waals surface area contributed by atoms with Gasteiger partial charge in [-0.15, -0.1) is 0 Å². The highest BCUT2D eigenvalue weighted by Crippen LogP contribution is 2.36. The van der Waals surface area contributed by atoms with Gasteiger partial charge in [-0.1, -0.05) is 30.3 Å². The molecule has 1 fully saturated rings. The van der Waals surface area contributed by atoms with Crippen molar-refractivity contribution >= 4 is 10.0 Å². The summed E-state index contributed by atoms with van der Waals surface area (Å²) in [5, 5.41) is 0. The molecule has 1 aliphatic carbocycles. The van der Waals surface area contributed by atoms with Gasteiger partial charge in [0, 0.05) is 12.1 Å². The van der Waals surface area contributed by atoms with Gasteiger partial charge >= 0.3 is 0 Å². The van der Waals surface area contributed by atoms with E-state index in [1.54, 1.807) is 0 Å². The molecule has 0 spiro atoms. The zero-order valence-corrected chi connectivity index (χ0v) is 15.8. The molecule has 1 N–H and O–H groups in total. The van der Waals surface area contributed by atoms with Crippen LogP contribution in [0.25, 0.3) is 0 Å². The Bertz CT molecular complexity index is 877. The van der Waals surface area contributed by atoms with E-state index in [4.69, 9.17) is 14.2 Å². The minimum absolute atomic E-state index is 0.0153. The van der Waals surface area contributed by atoms with Crippen molar-refractivity contribution in [3.05, 3.63) is 54.1 Å². The third kappa shape index (κ3) is 4.73. The highest BCUT2D eigenvalue weighted by Gasteiger charge is 2.26. The Morgan fingerprint density at radius 2 is 1.70 bits per heavy atom. The molecule has 0 aromatic heterocycles. The zero-order valence-electron chi connectivity index (χ0n) is 15.0. The van der Waals surface area contributed by atoms with E-state index in [1.165, 1.54) is 0 Å². The van der Waals surface area contributed by atoms with Crippen LogP contribution < -0.4 is 18.9 Å². The van der Waals surface area contributed by atoms with Crippen molar-refractivity contribution in [2.75, 3.05) is 6.79 Å². The molecule has 4 rings (SSSR count). The van der Waals surface area contributed by atoms with Crippen LogP contribution in [-0.4, -0.2) is 27.4 Å². The van der Waals surface area contributed by atoms with Crippen molar-refractivity contribution in [1.29, 1.82) is 0 Å². The number of rotatable bonds is 6. The van der Waals surface area contributed by atoms with Crippen LogP contribution in [0.4, 0.5) is 0 Å². The fourth-order valence-electron chi connectivity index (χ4n) is 3.53. The average molecular weight is 389 g/mol. The summed E-state index contributed by atoms with van der Waals surface area (Å²) in [4.78, 5) is 0. The normalized spacial score (nSPS) is 21.8. The Balaban J connectivity index is 1.27. The maximum Gasteiger partial charge on any atom is 0.231 e. The fraction of sp³-hybridized carbons (Fsp3) is 0.400. The van der Waals surface area contributed by atoms with E-state index >= 15 is 0 Å². The van der Waals surface area contributed by atoms with Gasteiger partial charge in [0.2, 0.25) is 16.8 Å². The molecular formula is C20H23NO5S. The summed E-state index contributed by atoms with van der Waals surface area (Å²) in [6.07, 6.45) is 3.24. The minimum atomic E-state index is -3.34. The Hall–Kier alpha value is -2.25. The maximum atomic E-state index is 12.4. The molecule has 144 valence electrons. The Morgan fingerprint density at radius 1 is 0.963 bits per heavy atom. The summed E-state index contributed by atoms with van der Waals surface area (Å²) in [5.74, 6) is 2.21. The topological polar surface area (TPSA) is 73.9 Å². The van der Waals surface area contributed by atoms with Crippen molar-refractivity contribution in [2.45, 2.75) is 43.6 Å². The van der Waals surface area contributed by atoms with Crippen LogP contribution in [0.3, 0.4) is 0 Å². The van der Waals surface area contributed by atoms with Crippen molar-refractivity contribution in [3.8, 4) is 17.2 Å². The lowest BCUT2D eigenvalue weighted by Crippen LogP contribution is -2.40. The van der Waals surface area contributed by atoms with Gasteiger partial charge in [-0.25, -0.2) is 13.1 Å². The van der Waals surface area contributed by atoms with Gasteiger partial charge in [0.25, 0.3) is 0 Å². The van der Waals surface area contributed by atoms with Gasteiger partial charge in [0.15, 0.2) is 11.5 Å². The van der Waals surface area contributed by atoms with Crippen LogP contribution in [0.15, 0.2) is 48.5 Å². The van der Waals surface area contributed by atoms with Gasteiger partial charge in [-0.2, -0.15) is 0 Å². The second-order valence-electron chi connectivity index (χ2n) is 6.97. The van der Waals surface area contributed by atoms with Gasteiger partial charge in [-0.05, 0) is 43.4 Å². The average Bonchev–Trinajstić information content (AvgIpc) is 3.11. The molecule has 1 heterocycles. The molecule has 0 amide bonds. The van der Waals surface area contributed by atoms with E-state index in [-0.39, 0.29) is 24.7 Å². The van der Waals surface area contributed by atoms with Crippen molar-refractivity contribution in [2.24, 2.45) is 0 Å². The summed E-state index contributed by atoms with van der Waals surface area (Å²) in [6.45, 7) is 0.243. The molecule has 0 unspecified atom stereocenters. The first-order chi connectivity index (χ1) is 13.1. The zero-order chi connectivity index (χ0) is 18.7. The van der Waals surface area contributed by atoms with E-state index in [2.05, 4.69) is 4.72 Å². The Labute approximate surface area is 159 Å². The number of ether oxygens (including phenoxy) is 3. The van der Waals surface area contributed by atoms with E-state index in [1.807, 2.05) is 48.5 Å². The number of hydrogen-bond donors (Lipinski definition) is 1. The third-order valence-corrected chi connectivity index (χ3v) is 6.27. The highest BCUT2D eigenvalue weighted by atomic mass is 32.2. The Morgan fingerprint density at radius 3 is 2.48 bits per heavy atom. The monoisotopic (exact) mass is 389 g/mol. The van der Waals surface area contributed by atoms with Crippen LogP contribution in [-0.2, 0) is 15.8 Å². The highest BCUT2D eigenvalue weighted by molar-refractivity contribution is 7.88. The van der Waals surface area contributed by atoms with Gasteiger partial charge < -0.3 is 14.2 Å². The van der Waals surface area contributed by atoms with Crippen molar-refractivity contribution in [1.82, 2.24) is 4.72 Å². The van der Waals surface area contributed by atoms with E-state index in [0.717, 1.165) is 42.7 Å². The molecule has 2 aliphatic rings. The Kier molecular flexibility index (Phi) is 5.22. The number of nitrogens with one attached hydrogen (secondary N) is 1. The lowest BCUT2D eigenvalue weighted by Gasteiger charge is -2.29. The second kappa shape index (κ2) is 7.78. The van der Waals surface area contributed by atoms with E-state index < -0.39 is 10.0 Å².